The minimum Gasteiger partial charge on any atom is -0.467 e. The second-order valence-corrected chi connectivity index (χ2v) is 3.97. The zero-order valence-electron chi connectivity index (χ0n) is 9.67. The predicted octanol–water partition coefficient (Wildman–Crippen LogP) is 2.06. The summed E-state index contributed by atoms with van der Waals surface area (Å²) in [5.41, 5.74) is 6.22. The van der Waals surface area contributed by atoms with Crippen LogP contribution in [0, 0.1) is 0 Å². The molecule has 1 aliphatic heterocycles. The van der Waals surface area contributed by atoms with E-state index >= 15 is 0 Å². The van der Waals surface area contributed by atoms with Crippen LogP contribution in [0.2, 0.25) is 0 Å². The van der Waals surface area contributed by atoms with Crippen molar-refractivity contribution in [2.45, 2.75) is 25.5 Å². The van der Waals surface area contributed by atoms with Crippen LogP contribution in [0.4, 0.5) is 0 Å². The summed E-state index contributed by atoms with van der Waals surface area (Å²) in [5, 5.41) is 3.93. The number of furan rings is 1. The molecule has 6 nitrogen and oxygen atoms in total. The summed E-state index contributed by atoms with van der Waals surface area (Å²) in [5.74, 6) is 1.74. The van der Waals surface area contributed by atoms with Crippen molar-refractivity contribution in [3.05, 3.63) is 23.9 Å². The zero-order valence-corrected chi connectivity index (χ0v) is 10.5. The summed E-state index contributed by atoms with van der Waals surface area (Å²) in [6, 6.07) is 1.80. The molecule has 1 atom stereocenters. The Labute approximate surface area is 110 Å². The number of aromatic nitrogens is 2. The highest BCUT2D eigenvalue weighted by Crippen LogP contribution is 2.28. The van der Waals surface area contributed by atoms with Gasteiger partial charge in [0.05, 0.1) is 12.1 Å². The van der Waals surface area contributed by atoms with E-state index in [0.717, 1.165) is 25.0 Å². The summed E-state index contributed by atoms with van der Waals surface area (Å²) in [6.07, 6.45) is 3.51. The lowest BCUT2D eigenvalue weighted by Gasteiger charge is -2.00. The number of ether oxygens (including phenoxy) is 1. The summed E-state index contributed by atoms with van der Waals surface area (Å²) < 4.78 is 15.9. The molecular weight excluding hydrogens is 258 g/mol. The lowest BCUT2D eigenvalue weighted by atomic mass is 10.2. The Hall–Kier alpha value is -1.37. The van der Waals surface area contributed by atoms with Gasteiger partial charge in [-0.25, -0.2) is 0 Å². The van der Waals surface area contributed by atoms with Crippen molar-refractivity contribution in [2.24, 2.45) is 5.73 Å². The Bertz CT molecular complexity index is 505. The molecular formula is C11H14ClN3O3. The Morgan fingerprint density at radius 3 is 3.00 bits per heavy atom. The van der Waals surface area contributed by atoms with Crippen LogP contribution in [-0.4, -0.2) is 16.7 Å². The van der Waals surface area contributed by atoms with E-state index in [0.29, 0.717) is 24.0 Å². The van der Waals surface area contributed by atoms with Crippen LogP contribution in [0.5, 0.6) is 0 Å². The van der Waals surface area contributed by atoms with E-state index in [9.17, 15) is 0 Å². The van der Waals surface area contributed by atoms with Crippen LogP contribution in [-0.2, 0) is 11.3 Å². The molecule has 0 saturated carbocycles. The van der Waals surface area contributed by atoms with Gasteiger partial charge >= 0.3 is 0 Å². The lowest BCUT2D eigenvalue weighted by Crippen LogP contribution is -1.97. The molecule has 3 rings (SSSR count). The zero-order chi connectivity index (χ0) is 11.7. The molecule has 0 radical (unpaired) electrons. The van der Waals surface area contributed by atoms with Crippen molar-refractivity contribution in [3.63, 3.8) is 0 Å². The predicted molar refractivity (Wildman–Crippen MR) is 65.1 cm³/mol. The van der Waals surface area contributed by atoms with Gasteiger partial charge in [0.15, 0.2) is 0 Å². The molecule has 2 N–H and O–H groups in total. The first-order valence-electron chi connectivity index (χ1n) is 5.60. The van der Waals surface area contributed by atoms with Crippen LogP contribution < -0.4 is 5.73 Å². The summed E-state index contributed by atoms with van der Waals surface area (Å²) in [4.78, 5) is 4.31. The first-order chi connectivity index (χ1) is 8.36. The molecule has 2 aromatic rings. The monoisotopic (exact) mass is 271 g/mol. The van der Waals surface area contributed by atoms with Gasteiger partial charge in [-0.3, -0.25) is 0 Å². The van der Waals surface area contributed by atoms with E-state index < -0.39 is 0 Å². The van der Waals surface area contributed by atoms with Gasteiger partial charge in [0.2, 0.25) is 5.82 Å². The van der Waals surface area contributed by atoms with E-state index in [1.54, 1.807) is 12.3 Å². The van der Waals surface area contributed by atoms with Crippen LogP contribution in [0.3, 0.4) is 0 Å². The molecule has 1 aliphatic rings. The average molecular weight is 272 g/mol. The van der Waals surface area contributed by atoms with Crippen molar-refractivity contribution in [3.8, 4) is 11.5 Å². The third-order valence-electron chi connectivity index (χ3n) is 2.76. The summed E-state index contributed by atoms with van der Waals surface area (Å²) >= 11 is 0. The molecule has 0 aliphatic carbocycles. The lowest BCUT2D eigenvalue weighted by molar-refractivity contribution is 0.103. The van der Waals surface area contributed by atoms with Crippen molar-refractivity contribution in [2.75, 3.05) is 6.61 Å². The average Bonchev–Trinajstić information content (AvgIpc) is 3.09. The number of nitrogens with zero attached hydrogens (tertiary/aromatic N) is 2. The molecule has 1 fully saturated rings. The first kappa shape index (κ1) is 13.1. The second-order valence-electron chi connectivity index (χ2n) is 3.97. The number of halogens is 1. The molecule has 0 spiro atoms. The standard InChI is InChI=1S/C11H13N3O3.ClH/c12-5-8-4-7(6-16-8)11-13-10(14-17-11)9-2-1-3-15-9;/h4,6,9H,1-3,5,12H2;1H. The van der Waals surface area contributed by atoms with Crippen LogP contribution in [0.1, 0.15) is 30.5 Å². The number of rotatable bonds is 3. The Balaban J connectivity index is 0.00000120. The van der Waals surface area contributed by atoms with E-state index in [1.807, 2.05) is 0 Å². The van der Waals surface area contributed by atoms with Gasteiger partial charge < -0.3 is 19.4 Å². The fraction of sp³-hybridized carbons (Fsp3) is 0.455. The minimum atomic E-state index is -0.0339. The van der Waals surface area contributed by atoms with Gasteiger partial charge in [0, 0.05) is 6.61 Å². The maximum Gasteiger partial charge on any atom is 0.261 e. The van der Waals surface area contributed by atoms with Gasteiger partial charge in [0.25, 0.3) is 5.89 Å². The van der Waals surface area contributed by atoms with E-state index in [-0.39, 0.29) is 18.5 Å². The quantitative estimate of drug-likeness (QED) is 0.919. The maximum absolute atomic E-state index is 5.49. The molecule has 18 heavy (non-hydrogen) atoms. The second kappa shape index (κ2) is 5.51. The van der Waals surface area contributed by atoms with Gasteiger partial charge in [0.1, 0.15) is 18.1 Å². The van der Waals surface area contributed by atoms with E-state index in [4.69, 9.17) is 19.4 Å². The fourth-order valence-corrected chi connectivity index (χ4v) is 1.86. The highest BCUT2D eigenvalue weighted by molar-refractivity contribution is 5.85. The molecule has 2 aromatic heterocycles. The normalized spacial score (nSPS) is 18.8. The van der Waals surface area contributed by atoms with Crippen molar-refractivity contribution >= 4 is 12.4 Å². The van der Waals surface area contributed by atoms with Crippen molar-refractivity contribution in [1.29, 1.82) is 0 Å². The Kier molecular flexibility index (Phi) is 4.00. The molecule has 98 valence electrons. The van der Waals surface area contributed by atoms with E-state index in [1.165, 1.54) is 0 Å². The highest BCUT2D eigenvalue weighted by Gasteiger charge is 2.23. The Morgan fingerprint density at radius 2 is 2.33 bits per heavy atom. The fourth-order valence-electron chi connectivity index (χ4n) is 1.86. The molecule has 0 bridgehead atoms. The van der Waals surface area contributed by atoms with Gasteiger partial charge in [-0.2, -0.15) is 4.98 Å². The minimum absolute atomic E-state index is 0. The van der Waals surface area contributed by atoms with Crippen molar-refractivity contribution < 1.29 is 13.7 Å². The summed E-state index contributed by atoms with van der Waals surface area (Å²) in [6.45, 7) is 1.12. The Morgan fingerprint density at radius 1 is 1.44 bits per heavy atom. The molecule has 3 heterocycles. The van der Waals surface area contributed by atoms with Crippen LogP contribution in [0.25, 0.3) is 11.5 Å². The third kappa shape index (κ3) is 2.40. The van der Waals surface area contributed by atoms with E-state index in [2.05, 4.69) is 10.1 Å². The molecule has 0 amide bonds. The van der Waals surface area contributed by atoms with Gasteiger partial charge in [-0.05, 0) is 18.9 Å². The number of hydrogen-bond donors (Lipinski definition) is 1. The van der Waals surface area contributed by atoms with Crippen LogP contribution >= 0.6 is 12.4 Å². The third-order valence-corrected chi connectivity index (χ3v) is 2.76. The molecule has 7 heteroatoms. The largest absolute Gasteiger partial charge is 0.467 e. The smallest absolute Gasteiger partial charge is 0.261 e. The van der Waals surface area contributed by atoms with Gasteiger partial charge in [-0.1, -0.05) is 5.16 Å². The number of hydrogen-bond acceptors (Lipinski definition) is 6. The van der Waals surface area contributed by atoms with Gasteiger partial charge in [-0.15, -0.1) is 12.4 Å². The van der Waals surface area contributed by atoms with Crippen molar-refractivity contribution in [1.82, 2.24) is 10.1 Å². The number of nitrogens with two attached hydrogens (primary N) is 1. The molecule has 1 saturated heterocycles. The molecule has 1 unspecified atom stereocenters. The topological polar surface area (TPSA) is 87.3 Å². The summed E-state index contributed by atoms with van der Waals surface area (Å²) in [7, 11) is 0. The SMILES string of the molecule is Cl.NCc1cc(-c2nc(C3CCCO3)no2)co1. The first-order valence-corrected chi connectivity index (χ1v) is 5.60. The maximum atomic E-state index is 5.49. The molecule has 0 aromatic carbocycles. The highest BCUT2D eigenvalue weighted by atomic mass is 35.5. The van der Waals surface area contributed by atoms with Crippen LogP contribution in [0.15, 0.2) is 21.3 Å².